The van der Waals surface area contributed by atoms with Gasteiger partial charge in [-0.1, -0.05) is 24.6 Å². The largest absolute Gasteiger partial charge is 0.398 e. The average molecular weight is 236 g/mol. The Kier molecular flexibility index (Phi) is 4.13. The highest BCUT2D eigenvalue weighted by Crippen LogP contribution is 2.28. The molecular formula is C13H20N2S. The van der Waals surface area contributed by atoms with Crippen molar-refractivity contribution in [1.29, 1.82) is 0 Å². The summed E-state index contributed by atoms with van der Waals surface area (Å²) in [7, 11) is 0. The number of anilines is 1. The maximum atomic E-state index is 5.93. The number of para-hydroxylation sites is 1. The molecule has 3 N–H and O–H groups in total. The summed E-state index contributed by atoms with van der Waals surface area (Å²) in [5, 5.41) is 4.42. The fourth-order valence-electron chi connectivity index (χ4n) is 2.38. The molecule has 0 aliphatic heterocycles. The minimum atomic E-state index is 0.662. The van der Waals surface area contributed by atoms with Crippen molar-refractivity contribution in [3.63, 3.8) is 0 Å². The number of rotatable bonds is 4. The Labute approximate surface area is 102 Å². The summed E-state index contributed by atoms with van der Waals surface area (Å²) in [5.41, 5.74) is 8.04. The van der Waals surface area contributed by atoms with Gasteiger partial charge in [-0.05, 0) is 30.7 Å². The van der Waals surface area contributed by atoms with E-state index in [4.69, 9.17) is 5.73 Å². The molecule has 1 aromatic carbocycles. The zero-order chi connectivity index (χ0) is 11.4. The van der Waals surface area contributed by atoms with Gasteiger partial charge in [0.05, 0.1) is 0 Å². The third-order valence-corrected chi connectivity index (χ3v) is 4.53. The van der Waals surface area contributed by atoms with E-state index >= 15 is 0 Å². The highest BCUT2D eigenvalue weighted by Gasteiger charge is 2.25. The van der Waals surface area contributed by atoms with Gasteiger partial charge in [-0.25, -0.2) is 0 Å². The summed E-state index contributed by atoms with van der Waals surface area (Å²) in [6.45, 7) is 0.897. The van der Waals surface area contributed by atoms with E-state index in [1.54, 1.807) is 0 Å². The Morgan fingerprint density at radius 3 is 2.94 bits per heavy atom. The summed E-state index contributed by atoms with van der Waals surface area (Å²) in [4.78, 5) is 0. The Morgan fingerprint density at radius 1 is 1.38 bits per heavy atom. The van der Waals surface area contributed by atoms with Gasteiger partial charge < -0.3 is 11.1 Å². The molecular weight excluding hydrogens is 216 g/mol. The van der Waals surface area contributed by atoms with Crippen LogP contribution in [0.3, 0.4) is 0 Å². The smallest absolute Gasteiger partial charge is 0.0359 e. The molecule has 0 spiro atoms. The van der Waals surface area contributed by atoms with Crippen LogP contribution in [0.15, 0.2) is 24.3 Å². The van der Waals surface area contributed by atoms with Gasteiger partial charge in [0.2, 0.25) is 0 Å². The van der Waals surface area contributed by atoms with Crippen molar-refractivity contribution < 1.29 is 0 Å². The van der Waals surface area contributed by atoms with E-state index in [9.17, 15) is 0 Å². The summed E-state index contributed by atoms with van der Waals surface area (Å²) in [5.74, 6) is 0. The van der Waals surface area contributed by atoms with Crippen molar-refractivity contribution in [2.45, 2.75) is 37.1 Å². The van der Waals surface area contributed by atoms with Crippen LogP contribution in [0.4, 0.5) is 5.69 Å². The molecule has 2 unspecified atom stereocenters. The fraction of sp³-hybridized carbons (Fsp3) is 0.538. The van der Waals surface area contributed by atoms with Gasteiger partial charge >= 0.3 is 0 Å². The van der Waals surface area contributed by atoms with Crippen LogP contribution in [-0.2, 0) is 6.54 Å². The maximum absolute atomic E-state index is 5.93. The van der Waals surface area contributed by atoms with E-state index in [2.05, 4.69) is 17.6 Å². The van der Waals surface area contributed by atoms with Gasteiger partial charge in [0.1, 0.15) is 0 Å². The van der Waals surface area contributed by atoms with E-state index < -0.39 is 0 Å². The van der Waals surface area contributed by atoms with Crippen LogP contribution in [0.1, 0.15) is 24.8 Å². The second-order valence-electron chi connectivity index (χ2n) is 4.39. The first-order chi connectivity index (χ1) is 7.81. The number of hydrogen-bond acceptors (Lipinski definition) is 3. The molecule has 0 aromatic heterocycles. The molecule has 1 fully saturated rings. The van der Waals surface area contributed by atoms with E-state index in [1.807, 2.05) is 30.0 Å². The third-order valence-electron chi connectivity index (χ3n) is 3.37. The van der Waals surface area contributed by atoms with Gasteiger partial charge in [-0.3, -0.25) is 0 Å². The first-order valence-electron chi connectivity index (χ1n) is 5.91. The van der Waals surface area contributed by atoms with Crippen molar-refractivity contribution >= 4 is 17.4 Å². The second kappa shape index (κ2) is 5.60. The standard InChI is InChI=1S/C13H20N2S/c1-16-13-8-4-7-12(13)15-9-10-5-2-3-6-11(10)14/h2-3,5-6,12-13,15H,4,7-9,14H2,1H3. The molecule has 0 amide bonds. The molecule has 1 aromatic rings. The normalized spacial score (nSPS) is 24.8. The van der Waals surface area contributed by atoms with Gasteiger partial charge in [0, 0.05) is 23.5 Å². The molecule has 1 aliphatic rings. The SMILES string of the molecule is CSC1CCCC1NCc1ccccc1N. The zero-order valence-corrected chi connectivity index (χ0v) is 10.6. The minimum absolute atomic E-state index is 0.662. The Morgan fingerprint density at radius 2 is 2.19 bits per heavy atom. The van der Waals surface area contributed by atoms with Crippen LogP contribution in [0.5, 0.6) is 0 Å². The summed E-state index contributed by atoms with van der Waals surface area (Å²) >= 11 is 1.99. The van der Waals surface area contributed by atoms with Gasteiger partial charge in [0.25, 0.3) is 0 Å². The molecule has 0 saturated heterocycles. The van der Waals surface area contributed by atoms with E-state index in [-0.39, 0.29) is 0 Å². The molecule has 0 bridgehead atoms. The summed E-state index contributed by atoms with van der Waals surface area (Å²) in [6, 6.07) is 8.77. The number of nitrogens with one attached hydrogen (secondary N) is 1. The molecule has 0 radical (unpaired) electrons. The molecule has 3 heteroatoms. The van der Waals surface area contributed by atoms with Crippen LogP contribution in [-0.4, -0.2) is 17.5 Å². The van der Waals surface area contributed by atoms with E-state index in [0.29, 0.717) is 6.04 Å². The first-order valence-corrected chi connectivity index (χ1v) is 7.19. The first kappa shape index (κ1) is 11.8. The van der Waals surface area contributed by atoms with Gasteiger partial charge in [-0.15, -0.1) is 0 Å². The molecule has 0 heterocycles. The highest BCUT2D eigenvalue weighted by molar-refractivity contribution is 7.99. The Hall–Kier alpha value is -0.670. The van der Waals surface area contributed by atoms with Crippen LogP contribution >= 0.6 is 11.8 Å². The average Bonchev–Trinajstić information content (AvgIpc) is 2.75. The molecule has 1 aliphatic carbocycles. The summed E-state index contributed by atoms with van der Waals surface area (Å²) in [6.07, 6.45) is 6.22. The topological polar surface area (TPSA) is 38.0 Å². The molecule has 2 atom stereocenters. The predicted octanol–water partition coefficient (Wildman–Crippen LogP) is 2.64. The van der Waals surface area contributed by atoms with Crippen LogP contribution in [0.25, 0.3) is 0 Å². The monoisotopic (exact) mass is 236 g/mol. The molecule has 1 saturated carbocycles. The lowest BCUT2D eigenvalue weighted by atomic mass is 10.1. The Bertz CT molecular complexity index is 340. The highest BCUT2D eigenvalue weighted by atomic mass is 32.2. The lowest BCUT2D eigenvalue weighted by Gasteiger charge is -2.19. The number of benzene rings is 1. The maximum Gasteiger partial charge on any atom is 0.0359 e. The quantitative estimate of drug-likeness (QED) is 0.789. The van der Waals surface area contributed by atoms with Crippen LogP contribution in [0, 0.1) is 0 Å². The number of hydrogen-bond donors (Lipinski definition) is 2. The summed E-state index contributed by atoms with van der Waals surface area (Å²) < 4.78 is 0. The van der Waals surface area contributed by atoms with E-state index in [0.717, 1.165) is 17.5 Å². The fourth-order valence-corrected chi connectivity index (χ4v) is 3.34. The van der Waals surface area contributed by atoms with Crippen molar-refractivity contribution in [1.82, 2.24) is 5.32 Å². The molecule has 16 heavy (non-hydrogen) atoms. The molecule has 88 valence electrons. The predicted molar refractivity (Wildman–Crippen MR) is 72.6 cm³/mol. The van der Waals surface area contributed by atoms with Crippen LogP contribution < -0.4 is 11.1 Å². The van der Waals surface area contributed by atoms with E-state index in [1.165, 1.54) is 24.8 Å². The lowest BCUT2D eigenvalue weighted by Crippen LogP contribution is -2.33. The Balaban J connectivity index is 1.90. The molecule has 2 rings (SSSR count). The van der Waals surface area contributed by atoms with Gasteiger partial charge in [0.15, 0.2) is 0 Å². The minimum Gasteiger partial charge on any atom is -0.398 e. The number of nitrogens with two attached hydrogens (primary N) is 1. The number of thioether (sulfide) groups is 1. The second-order valence-corrected chi connectivity index (χ2v) is 5.47. The van der Waals surface area contributed by atoms with Crippen molar-refractivity contribution in [3.05, 3.63) is 29.8 Å². The third kappa shape index (κ3) is 2.71. The van der Waals surface area contributed by atoms with Crippen molar-refractivity contribution in [2.24, 2.45) is 0 Å². The van der Waals surface area contributed by atoms with Gasteiger partial charge in [-0.2, -0.15) is 11.8 Å². The lowest BCUT2D eigenvalue weighted by molar-refractivity contribution is 0.533. The number of nitrogen functional groups attached to an aromatic ring is 1. The van der Waals surface area contributed by atoms with Crippen LogP contribution in [0.2, 0.25) is 0 Å². The van der Waals surface area contributed by atoms with Crippen molar-refractivity contribution in [2.75, 3.05) is 12.0 Å². The van der Waals surface area contributed by atoms with Crippen molar-refractivity contribution in [3.8, 4) is 0 Å². The zero-order valence-electron chi connectivity index (χ0n) is 9.78. The molecule has 2 nitrogen and oxygen atoms in total.